The van der Waals surface area contributed by atoms with Crippen LogP contribution in [0.3, 0.4) is 0 Å². The van der Waals surface area contributed by atoms with Crippen LogP contribution >= 0.6 is 22.6 Å². The largest absolute Gasteiger partial charge is 0.463 e. The van der Waals surface area contributed by atoms with E-state index in [-0.39, 0.29) is 21.4 Å². The van der Waals surface area contributed by atoms with E-state index in [2.05, 4.69) is 21.8 Å². The number of carbonyl (C=O) groups is 1. The summed E-state index contributed by atoms with van der Waals surface area (Å²) in [7, 11) is 0. The maximum atomic E-state index is 12.2. The molecule has 0 atom stereocenters. The summed E-state index contributed by atoms with van der Waals surface area (Å²) in [4.78, 5) is 24.7. The van der Waals surface area contributed by atoms with E-state index >= 15 is 0 Å². The van der Waals surface area contributed by atoms with Crippen LogP contribution in [0.4, 0.5) is 22.1 Å². The fourth-order valence-corrected chi connectivity index (χ4v) is 3.74. The second kappa shape index (κ2) is 12.3. The number of hydrogen-bond acceptors (Lipinski definition) is 7. The Hall–Kier alpha value is -1.36. The van der Waals surface area contributed by atoms with Gasteiger partial charge < -0.3 is 21.1 Å². The zero-order chi connectivity index (χ0) is 20.4. The molecule has 2 rings (SSSR count). The fraction of sp³-hybridized carbons (Fsp3) is 0.737. The molecule has 0 saturated carbocycles. The topological polar surface area (TPSA) is 111 Å². The van der Waals surface area contributed by atoms with Crippen molar-refractivity contribution in [3.05, 3.63) is 0 Å². The Labute approximate surface area is 181 Å². The number of rotatable bonds is 11. The monoisotopic (exact) mass is 504 g/mol. The van der Waals surface area contributed by atoms with E-state index in [1.807, 2.05) is 0 Å². The Morgan fingerprint density at radius 1 is 1.14 bits per heavy atom. The molecule has 0 aliphatic carbocycles. The highest BCUT2D eigenvalue weighted by atomic mass is 127. The van der Waals surface area contributed by atoms with Gasteiger partial charge in [0.25, 0.3) is 3.91 Å². The van der Waals surface area contributed by atoms with Crippen LogP contribution in [0.5, 0.6) is 6.01 Å². The Balaban J connectivity index is 1.91. The van der Waals surface area contributed by atoms with Crippen molar-refractivity contribution in [2.24, 2.45) is 0 Å². The van der Waals surface area contributed by atoms with Crippen LogP contribution in [-0.2, 0) is 0 Å². The van der Waals surface area contributed by atoms with Crippen LogP contribution in [0, 0.1) is 0 Å². The van der Waals surface area contributed by atoms with Crippen LogP contribution in [0.15, 0.2) is 0 Å². The molecule has 0 bridgehead atoms. The first kappa shape index (κ1) is 22.9. The first-order valence-electron chi connectivity index (χ1n) is 10.3. The van der Waals surface area contributed by atoms with Crippen molar-refractivity contribution in [3.63, 3.8) is 0 Å². The lowest BCUT2D eigenvalue weighted by Crippen LogP contribution is -2.31. The molecule has 9 heteroatoms. The molecule has 1 aliphatic rings. The van der Waals surface area contributed by atoms with Gasteiger partial charge in [0.05, 0.1) is 6.61 Å². The van der Waals surface area contributed by atoms with Crippen LogP contribution in [0.2, 0.25) is 0 Å². The number of anilines is 3. The third-order valence-electron chi connectivity index (χ3n) is 4.94. The molecule has 1 aliphatic heterocycles. The number of nitrogens with zero attached hydrogens (tertiary/aromatic N) is 4. The van der Waals surface area contributed by atoms with E-state index in [0.29, 0.717) is 19.0 Å². The number of piperidine rings is 1. The minimum absolute atomic E-state index is 0.141. The number of ether oxygens (including phenoxy) is 1. The second-order valence-electron chi connectivity index (χ2n) is 7.20. The van der Waals surface area contributed by atoms with E-state index < -0.39 is 0 Å². The molecule has 2 heterocycles. The summed E-state index contributed by atoms with van der Waals surface area (Å²) in [6.45, 7) is 6.71. The van der Waals surface area contributed by atoms with Crippen molar-refractivity contribution in [2.75, 3.05) is 49.2 Å². The van der Waals surface area contributed by atoms with E-state index in [0.717, 1.165) is 38.6 Å². The van der Waals surface area contributed by atoms with Gasteiger partial charge in [0.15, 0.2) is 11.6 Å². The maximum Gasteiger partial charge on any atom is 0.320 e. The van der Waals surface area contributed by atoms with Gasteiger partial charge in [0.1, 0.15) is 5.69 Å². The van der Waals surface area contributed by atoms with Crippen molar-refractivity contribution in [1.82, 2.24) is 14.9 Å². The normalized spacial score (nSPS) is 14.8. The SMILES string of the molecule is CCCCOc1nc(N)c(N)c(N(CCCCCN2CCCCC2)C(=O)I)n1. The molecule has 158 valence electrons. The molecule has 1 fully saturated rings. The molecule has 0 aromatic carbocycles. The maximum absolute atomic E-state index is 12.2. The summed E-state index contributed by atoms with van der Waals surface area (Å²) >= 11 is 1.76. The third-order valence-corrected chi connectivity index (χ3v) is 5.52. The molecule has 28 heavy (non-hydrogen) atoms. The number of amides is 1. The summed E-state index contributed by atoms with van der Waals surface area (Å²) in [5.74, 6) is 0.485. The lowest BCUT2D eigenvalue weighted by Gasteiger charge is -2.26. The van der Waals surface area contributed by atoms with Gasteiger partial charge in [-0.3, -0.25) is 9.69 Å². The predicted molar refractivity (Wildman–Crippen MR) is 122 cm³/mol. The number of likely N-dealkylation sites (tertiary alicyclic amines) is 1. The van der Waals surface area contributed by atoms with Crippen LogP contribution < -0.4 is 21.1 Å². The van der Waals surface area contributed by atoms with E-state index in [9.17, 15) is 4.79 Å². The van der Waals surface area contributed by atoms with Crippen molar-refractivity contribution >= 4 is 43.8 Å². The van der Waals surface area contributed by atoms with Gasteiger partial charge in [-0.25, -0.2) is 0 Å². The molecule has 1 aromatic rings. The lowest BCUT2D eigenvalue weighted by atomic mass is 10.1. The fourth-order valence-electron chi connectivity index (χ4n) is 3.27. The van der Waals surface area contributed by atoms with E-state index in [4.69, 9.17) is 16.2 Å². The number of nitrogens with two attached hydrogens (primary N) is 2. The second-order valence-corrected chi connectivity index (χ2v) is 8.12. The molecular weight excluding hydrogens is 471 g/mol. The molecule has 4 N–H and O–H groups in total. The smallest absolute Gasteiger partial charge is 0.320 e. The van der Waals surface area contributed by atoms with Crippen molar-refractivity contribution < 1.29 is 9.53 Å². The summed E-state index contributed by atoms with van der Waals surface area (Å²) in [5, 5.41) is 0. The summed E-state index contributed by atoms with van der Waals surface area (Å²) in [6.07, 6.45) is 8.96. The molecule has 0 unspecified atom stereocenters. The predicted octanol–water partition coefficient (Wildman–Crippen LogP) is 3.84. The van der Waals surface area contributed by atoms with Crippen molar-refractivity contribution in [2.45, 2.75) is 58.3 Å². The van der Waals surface area contributed by atoms with Gasteiger partial charge in [-0.2, -0.15) is 9.97 Å². The molecular formula is C19H33IN6O2. The van der Waals surface area contributed by atoms with Gasteiger partial charge in [0, 0.05) is 29.1 Å². The average molecular weight is 504 g/mol. The van der Waals surface area contributed by atoms with Crippen LogP contribution in [0.1, 0.15) is 58.3 Å². The highest BCUT2D eigenvalue weighted by Gasteiger charge is 2.21. The highest BCUT2D eigenvalue weighted by molar-refractivity contribution is 14.1. The van der Waals surface area contributed by atoms with Crippen molar-refractivity contribution in [1.29, 1.82) is 0 Å². The Morgan fingerprint density at radius 3 is 2.57 bits per heavy atom. The summed E-state index contributed by atoms with van der Waals surface area (Å²) in [6, 6.07) is 0.169. The summed E-state index contributed by atoms with van der Waals surface area (Å²) < 4.78 is 5.42. The summed E-state index contributed by atoms with van der Waals surface area (Å²) in [5.41, 5.74) is 12.2. The minimum atomic E-state index is -0.141. The third kappa shape index (κ3) is 7.23. The number of halogens is 1. The Bertz CT molecular complexity index is 625. The van der Waals surface area contributed by atoms with Crippen molar-refractivity contribution in [3.8, 4) is 6.01 Å². The van der Waals surface area contributed by atoms with Gasteiger partial charge in [-0.1, -0.05) is 26.2 Å². The molecule has 1 amide bonds. The molecule has 0 spiro atoms. The average Bonchev–Trinajstić information content (AvgIpc) is 2.68. The minimum Gasteiger partial charge on any atom is -0.463 e. The standard InChI is InChI=1S/C19H33IN6O2/c1-2-3-14-28-19-23-16(22)15(21)17(24-19)26(18(20)27)13-9-5-8-12-25-10-6-4-7-11-25/h2-14,21H2,1H3,(H2,22,23,24). The van der Waals surface area contributed by atoms with Gasteiger partial charge in [-0.15, -0.1) is 0 Å². The molecule has 0 radical (unpaired) electrons. The number of unbranched alkanes of at least 4 members (excludes halogenated alkanes) is 3. The first-order chi connectivity index (χ1) is 13.5. The van der Waals surface area contributed by atoms with E-state index in [1.54, 1.807) is 27.5 Å². The van der Waals surface area contributed by atoms with E-state index in [1.165, 1.54) is 32.4 Å². The zero-order valence-electron chi connectivity index (χ0n) is 16.8. The Morgan fingerprint density at radius 2 is 1.89 bits per heavy atom. The van der Waals surface area contributed by atoms with Crippen LogP contribution in [0.25, 0.3) is 0 Å². The van der Waals surface area contributed by atoms with Gasteiger partial charge in [-0.05, 0) is 51.7 Å². The van der Waals surface area contributed by atoms with Gasteiger partial charge >= 0.3 is 6.01 Å². The van der Waals surface area contributed by atoms with Gasteiger partial charge in [0.2, 0.25) is 0 Å². The number of nitrogen functional groups attached to an aromatic ring is 2. The number of hydrogen-bond donors (Lipinski definition) is 2. The van der Waals surface area contributed by atoms with Crippen LogP contribution in [-0.4, -0.2) is 51.6 Å². The zero-order valence-corrected chi connectivity index (χ0v) is 19.0. The number of aromatic nitrogens is 2. The molecule has 8 nitrogen and oxygen atoms in total. The highest BCUT2D eigenvalue weighted by Crippen LogP contribution is 2.29. The first-order valence-corrected chi connectivity index (χ1v) is 11.4. The molecule has 1 saturated heterocycles. The molecule has 1 aromatic heterocycles. The lowest BCUT2D eigenvalue weighted by molar-refractivity contribution is 0.224. The Kier molecular flexibility index (Phi) is 10.0. The number of carbonyl (C=O) groups excluding carboxylic acids is 1. The quantitative estimate of drug-likeness (QED) is 0.204.